The summed E-state index contributed by atoms with van der Waals surface area (Å²) in [5, 5.41) is 3.27. The quantitative estimate of drug-likeness (QED) is 0.698. The number of hydrogen-bond donors (Lipinski definition) is 1. The van der Waals surface area contributed by atoms with Gasteiger partial charge in [-0.15, -0.1) is 0 Å². The number of nitrogens with zero attached hydrogens (tertiary/aromatic N) is 2. The van der Waals surface area contributed by atoms with Crippen molar-refractivity contribution in [2.75, 3.05) is 20.1 Å². The molecule has 3 rings (SSSR count). The molecule has 0 radical (unpaired) electrons. The van der Waals surface area contributed by atoms with Crippen LogP contribution in [0.5, 0.6) is 0 Å². The highest BCUT2D eigenvalue weighted by molar-refractivity contribution is 5.80. The van der Waals surface area contributed by atoms with Crippen molar-refractivity contribution >= 4 is 5.96 Å². The first-order valence-corrected chi connectivity index (χ1v) is 7.62. The summed E-state index contributed by atoms with van der Waals surface area (Å²) < 4.78 is 32.5. The predicted octanol–water partition coefficient (Wildman–Crippen LogP) is 2.73. The van der Waals surface area contributed by atoms with Gasteiger partial charge in [0, 0.05) is 39.2 Å². The summed E-state index contributed by atoms with van der Waals surface area (Å²) >= 11 is 0. The van der Waals surface area contributed by atoms with Crippen LogP contribution < -0.4 is 5.32 Å². The number of hydrogen-bond acceptors (Lipinski definition) is 2. The lowest BCUT2D eigenvalue weighted by atomic mass is 9.99. The Kier molecular flexibility index (Phi) is 4.60. The van der Waals surface area contributed by atoms with Gasteiger partial charge in [-0.25, -0.2) is 8.78 Å². The monoisotopic (exact) mass is 319 g/mol. The molecule has 23 heavy (non-hydrogen) atoms. The molecule has 122 valence electrons. The molecular weight excluding hydrogens is 300 g/mol. The first-order chi connectivity index (χ1) is 11.2. The van der Waals surface area contributed by atoms with Gasteiger partial charge in [0.15, 0.2) is 5.96 Å². The van der Waals surface area contributed by atoms with Gasteiger partial charge in [0.2, 0.25) is 0 Å². The molecule has 0 atom stereocenters. The first kappa shape index (κ1) is 15.5. The van der Waals surface area contributed by atoms with Crippen LogP contribution in [0.1, 0.15) is 16.9 Å². The van der Waals surface area contributed by atoms with Crippen LogP contribution in [0, 0.1) is 11.6 Å². The minimum absolute atomic E-state index is 0.449. The average Bonchev–Trinajstić information content (AvgIpc) is 3.04. The van der Waals surface area contributed by atoms with E-state index >= 15 is 0 Å². The molecule has 0 saturated carbocycles. The highest BCUT2D eigenvalue weighted by Gasteiger charge is 2.22. The molecule has 4 nitrogen and oxygen atoms in total. The van der Waals surface area contributed by atoms with Crippen molar-refractivity contribution in [2.45, 2.75) is 19.4 Å². The zero-order valence-electron chi connectivity index (χ0n) is 13.0. The molecular formula is C17H19F2N3O. The Bertz CT molecular complexity index is 698. The van der Waals surface area contributed by atoms with Gasteiger partial charge >= 0.3 is 0 Å². The number of nitrogens with one attached hydrogen (secondary N) is 1. The van der Waals surface area contributed by atoms with Crippen molar-refractivity contribution in [3.63, 3.8) is 0 Å². The molecule has 0 fully saturated rings. The number of guanidine groups is 1. The molecule has 2 heterocycles. The van der Waals surface area contributed by atoms with Crippen LogP contribution in [-0.2, 0) is 19.4 Å². The maximum absolute atomic E-state index is 13.8. The fraction of sp³-hybridized carbons (Fsp3) is 0.353. The summed E-state index contributed by atoms with van der Waals surface area (Å²) in [5.41, 5.74) is 1.29. The van der Waals surface area contributed by atoms with Gasteiger partial charge in [-0.1, -0.05) is 0 Å². The molecule has 0 saturated heterocycles. The van der Waals surface area contributed by atoms with Gasteiger partial charge in [0.25, 0.3) is 0 Å². The van der Waals surface area contributed by atoms with Crippen LogP contribution in [-0.4, -0.2) is 31.0 Å². The number of rotatable bonds is 3. The van der Waals surface area contributed by atoms with Crippen molar-refractivity contribution < 1.29 is 13.2 Å². The zero-order valence-corrected chi connectivity index (χ0v) is 13.0. The van der Waals surface area contributed by atoms with E-state index in [2.05, 4.69) is 10.3 Å². The summed E-state index contributed by atoms with van der Waals surface area (Å²) in [5.74, 6) is 0.636. The van der Waals surface area contributed by atoms with Crippen molar-refractivity contribution in [2.24, 2.45) is 4.99 Å². The maximum Gasteiger partial charge on any atom is 0.193 e. The summed E-state index contributed by atoms with van der Waals surface area (Å²) in [4.78, 5) is 6.27. The van der Waals surface area contributed by atoms with Gasteiger partial charge in [0.1, 0.15) is 17.4 Å². The minimum atomic E-state index is -0.538. The van der Waals surface area contributed by atoms with Crippen molar-refractivity contribution in [1.82, 2.24) is 10.2 Å². The van der Waals surface area contributed by atoms with Crippen molar-refractivity contribution in [3.8, 4) is 0 Å². The van der Waals surface area contributed by atoms with E-state index < -0.39 is 11.6 Å². The first-order valence-electron chi connectivity index (χ1n) is 7.62. The lowest BCUT2D eigenvalue weighted by Crippen LogP contribution is -2.44. The summed E-state index contributed by atoms with van der Waals surface area (Å²) in [6.45, 7) is 1.78. The van der Waals surface area contributed by atoms with Crippen LogP contribution in [0.3, 0.4) is 0 Å². The molecule has 6 heteroatoms. The van der Waals surface area contributed by atoms with Crippen LogP contribution in [0.25, 0.3) is 0 Å². The molecule has 0 amide bonds. The Morgan fingerprint density at radius 2 is 2.26 bits per heavy atom. The van der Waals surface area contributed by atoms with Gasteiger partial charge in [-0.3, -0.25) is 4.99 Å². The second-order valence-electron chi connectivity index (χ2n) is 5.50. The molecule has 0 aliphatic carbocycles. The molecule has 0 bridgehead atoms. The zero-order chi connectivity index (χ0) is 16.2. The third kappa shape index (κ3) is 3.52. The fourth-order valence-electron chi connectivity index (χ4n) is 2.87. The van der Waals surface area contributed by atoms with E-state index in [1.165, 1.54) is 6.07 Å². The number of aliphatic imine (C=N–C) groups is 1. The third-order valence-corrected chi connectivity index (χ3v) is 3.99. The second kappa shape index (κ2) is 6.81. The maximum atomic E-state index is 13.8. The topological polar surface area (TPSA) is 40.8 Å². The number of halogens is 2. The Morgan fingerprint density at radius 1 is 1.39 bits per heavy atom. The van der Waals surface area contributed by atoms with Gasteiger partial charge < -0.3 is 14.6 Å². The lowest BCUT2D eigenvalue weighted by Gasteiger charge is -2.31. The summed E-state index contributed by atoms with van der Waals surface area (Å²) in [6.07, 6.45) is 2.94. The number of fused-ring (bicyclic) bond motifs is 1. The van der Waals surface area contributed by atoms with Gasteiger partial charge in [0.05, 0.1) is 6.26 Å². The minimum Gasteiger partial charge on any atom is -0.469 e. The summed E-state index contributed by atoms with van der Waals surface area (Å²) in [6, 6.07) is 6.13. The lowest BCUT2D eigenvalue weighted by molar-refractivity contribution is 0.369. The number of furan rings is 1. The molecule has 2 aromatic rings. The van der Waals surface area contributed by atoms with E-state index in [1.54, 1.807) is 13.3 Å². The molecule has 0 unspecified atom stereocenters. The fourth-order valence-corrected chi connectivity index (χ4v) is 2.87. The molecule has 1 aliphatic heterocycles. The van der Waals surface area contributed by atoms with E-state index in [4.69, 9.17) is 4.42 Å². The molecule has 0 spiro atoms. The van der Waals surface area contributed by atoms with E-state index in [9.17, 15) is 8.78 Å². The van der Waals surface area contributed by atoms with E-state index in [-0.39, 0.29) is 0 Å². The smallest absolute Gasteiger partial charge is 0.193 e. The molecule has 1 aromatic carbocycles. The largest absolute Gasteiger partial charge is 0.469 e. The third-order valence-electron chi connectivity index (χ3n) is 3.99. The van der Waals surface area contributed by atoms with Gasteiger partial charge in [-0.05, 0) is 35.7 Å². The molecule has 1 N–H and O–H groups in total. The Labute approximate surface area is 133 Å². The van der Waals surface area contributed by atoms with E-state index in [0.29, 0.717) is 37.2 Å². The highest BCUT2D eigenvalue weighted by Crippen LogP contribution is 2.23. The van der Waals surface area contributed by atoms with E-state index in [1.807, 2.05) is 17.0 Å². The average molecular weight is 319 g/mol. The Morgan fingerprint density at radius 3 is 3.00 bits per heavy atom. The predicted molar refractivity (Wildman–Crippen MR) is 84.2 cm³/mol. The Balaban J connectivity index is 1.64. The summed E-state index contributed by atoms with van der Waals surface area (Å²) in [7, 11) is 1.71. The van der Waals surface area contributed by atoms with Crippen LogP contribution >= 0.6 is 0 Å². The normalized spacial score (nSPS) is 14.7. The molecule has 1 aliphatic rings. The van der Waals surface area contributed by atoms with Crippen LogP contribution in [0.2, 0.25) is 0 Å². The molecule has 1 aromatic heterocycles. The van der Waals surface area contributed by atoms with Crippen molar-refractivity contribution in [3.05, 3.63) is 59.1 Å². The van der Waals surface area contributed by atoms with Crippen LogP contribution in [0.15, 0.2) is 39.9 Å². The second-order valence-corrected chi connectivity index (χ2v) is 5.50. The van der Waals surface area contributed by atoms with Gasteiger partial charge in [-0.2, -0.15) is 0 Å². The SMILES string of the molecule is CN=C(NCCc1ccco1)N1CCc2c(F)cc(F)cc2C1. The van der Waals surface area contributed by atoms with E-state index in [0.717, 1.165) is 24.2 Å². The highest BCUT2D eigenvalue weighted by atomic mass is 19.1. The standard InChI is InChI=1S/C17H19F2N3O/c1-20-17(21-6-4-14-3-2-8-23-14)22-7-5-15-12(11-22)9-13(18)10-16(15)19/h2-3,8-10H,4-7,11H2,1H3,(H,20,21). The van der Waals surface area contributed by atoms with Crippen LogP contribution in [0.4, 0.5) is 8.78 Å². The number of benzene rings is 1. The van der Waals surface area contributed by atoms with Crippen molar-refractivity contribution in [1.29, 1.82) is 0 Å². The Hall–Kier alpha value is -2.37.